The van der Waals surface area contributed by atoms with Crippen LogP contribution in [0.1, 0.15) is 82.1 Å². The van der Waals surface area contributed by atoms with E-state index in [1.54, 1.807) is 6.07 Å². The second kappa shape index (κ2) is 8.31. The number of hydrogen-bond donors (Lipinski definition) is 2. The average Bonchev–Trinajstić information content (AvgIpc) is 3.52. The third-order valence-electron chi connectivity index (χ3n) is 6.48. The van der Waals surface area contributed by atoms with Gasteiger partial charge in [-0.3, -0.25) is 0 Å². The van der Waals surface area contributed by atoms with Gasteiger partial charge in [-0.25, -0.2) is 4.99 Å². The number of aromatic hydroxyl groups is 1. The number of benzene rings is 2. The second-order valence-electron chi connectivity index (χ2n) is 10.7. The molecule has 1 fully saturated rings. The van der Waals surface area contributed by atoms with E-state index in [0.717, 1.165) is 40.9 Å². The fourth-order valence-electron chi connectivity index (χ4n) is 4.26. The van der Waals surface area contributed by atoms with Crippen molar-refractivity contribution in [2.45, 2.75) is 72.6 Å². The molecule has 1 heterocycles. The molecule has 0 aromatic heterocycles. The molecule has 31 heavy (non-hydrogen) atoms. The van der Waals surface area contributed by atoms with Gasteiger partial charge < -0.3 is 15.1 Å². The largest absolute Gasteiger partial charge is 0.508 e. The quantitative estimate of drug-likeness (QED) is 0.617. The maximum absolute atomic E-state index is 11.0. The van der Waals surface area contributed by atoms with E-state index < -0.39 is 6.35 Å². The third kappa shape index (κ3) is 4.79. The van der Waals surface area contributed by atoms with Gasteiger partial charge in [0, 0.05) is 23.2 Å². The Labute approximate surface area is 186 Å². The monoisotopic (exact) mass is 420 g/mol. The summed E-state index contributed by atoms with van der Waals surface area (Å²) in [4.78, 5) is 6.76. The van der Waals surface area contributed by atoms with E-state index in [9.17, 15) is 10.2 Å². The van der Waals surface area contributed by atoms with Crippen molar-refractivity contribution >= 4 is 11.4 Å². The standard InChI is InChI=1S/C27H36N2O2/c1-17(2)19-8-10-20(11-9-19)25-24-21(16-18-6-7-18)23(30)13-12-22(24)29(26(31)28-25)15-14-27(3,4)5/h8-13,17-18,26,30-31H,6-7,14-16H2,1-5H3. The highest BCUT2D eigenvalue weighted by atomic mass is 16.3. The molecule has 1 aliphatic heterocycles. The minimum atomic E-state index is -0.923. The molecule has 0 radical (unpaired) electrons. The number of anilines is 1. The summed E-state index contributed by atoms with van der Waals surface area (Å²) < 4.78 is 0. The lowest BCUT2D eigenvalue weighted by atomic mass is 9.88. The van der Waals surface area contributed by atoms with Crippen LogP contribution in [-0.2, 0) is 6.42 Å². The van der Waals surface area contributed by atoms with Gasteiger partial charge in [0.25, 0.3) is 0 Å². The highest BCUT2D eigenvalue weighted by molar-refractivity contribution is 6.18. The summed E-state index contributed by atoms with van der Waals surface area (Å²) in [6.45, 7) is 11.7. The molecule has 166 valence electrons. The first-order chi connectivity index (χ1) is 14.6. The molecule has 1 atom stereocenters. The summed E-state index contributed by atoms with van der Waals surface area (Å²) in [7, 11) is 0. The van der Waals surface area contributed by atoms with E-state index in [-0.39, 0.29) is 5.41 Å². The Kier molecular flexibility index (Phi) is 5.87. The van der Waals surface area contributed by atoms with Crippen LogP contribution in [-0.4, -0.2) is 28.8 Å². The summed E-state index contributed by atoms with van der Waals surface area (Å²) in [5, 5.41) is 21.8. The molecule has 4 heteroatoms. The van der Waals surface area contributed by atoms with Crippen LogP contribution in [0.5, 0.6) is 5.75 Å². The van der Waals surface area contributed by atoms with Crippen LogP contribution < -0.4 is 4.90 Å². The molecule has 2 aromatic carbocycles. The molecular weight excluding hydrogens is 384 g/mol. The molecule has 0 bridgehead atoms. The van der Waals surface area contributed by atoms with Crippen LogP contribution in [0.2, 0.25) is 0 Å². The molecule has 0 spiro atoms. The van der Waals surface area contributed by atoms with E-state index in [2.05, 4.69) is 58.9 Å². The molecule has 0 saturated heterocycles. The van der Waals surface area contributed by atoms with E-state index in [0.29, 0.717) is 24.1 Å². The predicted molar refractivity (Wildman–Crippen MR) is 128 cm³/mol. The molecule has 0 amide bonds. The second-order valence-corrected chi connectivity index (χ2v) is 10.7. The Morgan fingerprint density at radius 2 is 1.74 bits per heavy atom. The molecule has 2 aromatic rings. The Balaban J connectivity index is 1.81. The van der Waals surface area contributed by atoms with Crippen molar-refractivity contribution in [3.05, 3.63) is 58.7 Å². The minimum absolute atomic E-state index is 0.157. The number of nitrogens with zero attached hydrogens (tertiary/aromatic N) is 2. The van der Waals surface area contributed by atoms with Gasteiger partial charge in [0.2, 0.25) is 6.35 Å². The van der Waals surface area contributed by atoms with Gasteiger partial charge in [-0.15, -0.1) is 0 Å². The maximum atomic E-state index is 11.0. The van der Waals surface area contributed by atoms with Gasteiger partial charge >= 0.3 is 0 Å². The molecule has 2 aliphatic rings. The normalized spacial score (nSPS) is 18.9. The molecule has 1 saturated carbocycles. The summed E-state index contributed by atoms with van der Waals surface area (Å²) in [6.07, 6.45) is 3.31. The number of aliphatic hydroxyl groups excluding tert-OH is 1. The molecule has 4 nitrogen and oxygen atoms in total. The molecular formula is C27H36N2O2. The van der Waals surface area contributed by atoms with Crippen molar-refractivity contribution < 1.29 is 10.2 Å². The van der Waals surface area contributed by atoms with Crippen LogP contribution in [0, 0.1) is 11.3 Å². The number of aliphatic hydroxyl groups is 1. The Bertz CT molecular complexity index is 966. The molecule has 1 unspecified atom stereocenters. The zero-order chi connectivity index (χ0) is 22.3. The highest BCUT2D eigenvalue weighted by Gasteiger charge is 2.33. The van der Waals surface area contributed by atoms with Gasteiger partial charge in [-0.05, 0) is 60.6 Å². The first-order valence-corrected chi connectivity index (χ1v) is 11.6. The predicted octanol–water partition coefficient (Wildman–Crippen LogP) is 5.84. The highest BCUT2D eigenvalue weighted by Crippen LogP contribution is 2.42. The summed E-state index contributed by atoms with van der Waals surface area (Å²) in [5.74, 6) is 1.43. The first-order valence-electron chi connectivity index (χ1n) is 11.6. The van der Waals surface area contributed by atoms with Crippen molar-refractivity contribution in [1.29, 1.82) is 0 Å². The van der Waals surface area contributed by atoms with Crippen LogP contribution in [0.3, 0.4) is 0 Å². The smallest absolute Gasteiger partial charge is 0.226 e. The van der Waals surface area contributed by atoms with Crippen molar-refractivity contribution in [2.75, 3.05) is 11.4 Å². The number of hydrogen-bond acceptors (Lipinski definition) is 4. The molecule has 2 N–H and O–H groups in total. The van der Waals surface area contributed by atoms with E-state index >= 15 is 0 Å². The number of fused-ring (bicyclic) bond motifs is 1. The van der Waals surface area contributed by atoms with Gasteiger partial charge in [-0.2, -0.15) is 0 Å². The summed E-state index contributed by atoms with van der Waals surface area (Å²) in [5.41, 5.74) is 6.15. The zero-order valence-electron chi connectivity index (χ0n) is 19.5. The fourth-order valence-corrected chi connectivity index (χ4v) is 4.26. The fraction of sp³-hybridized carbons (Fsp3) is 0.519. The van der Waals surface area contributed by atoms with Crippen LogP contribution in [0.4, 0.5) is 5.69 Å². The van der Waals surface area contributed by atoms with E-state index in [1.165, 1.54) is 18.4 Å². The summed E-state index contributed by atoms with van der Waals surface area (Å²) >= 11 is 0. The van der Waals surface area contributed by atoms with Gasteiger partial charge in [-0.1, -0.05) is 58.9 Å². The zero-order valence-corrected chi connectivity index (χ0v) is 19.5. The SMILES string of the molecule is CC(C)c1ccc(C2=NC(O)N(CCC(C)(C)C)c3ccc(O)c(CC4CC4)c32)cc1. The van der Waals surface area contributed by atoms with Crippen molar-refractivity contribution in [1.82, 2.24) is 0 Å². The van der Waals surface area contributed by atoms with Crippen molar-refractivity contribution in [3.8, 4) is 5.75 Å². The Morgan fingerprint density at radius 1 is 1.06 bits per heavy atom. The number of aliphatic imine (C=N–C) groups is 1. The lowest BCUT2D eigenvalue weighted by molar-refractivity contribution is 0.172. The minimum Gasteiger partial charge on any atom is -0.508 e. The first kappa shape index (κ1) is 21.9. The number of phenols is 1. The van der Waals surface area contributed by atoms with Gasteiger partial charge in [0.05, 0.1) is 11.4 Å². The number of phenolic OH excluding ortho intramolecular Hbond substituents is 1. The van der Waals surface area contributed by atoms with Crippen LogP contribution >= 0.6 is 0 Å². The Hall–Kier alpha value is -2.33. The maximum Gasteiger partial charge on any atom is 0.226 e. The third-order valence-corrected chi connectivity index (χ3v) is 6.48. The topological polar surface area (TPSA) is 56.1 Å². The van der Waals surface area contributed by atoms with Crippen LogP contribution in [0.25, 0.3) is 0 Å². The lowest BCUT2D eigenvalue weighted by Crippen LogP contribution is -2.41. The Morgan fingerprint density at radius 3 is 2.32 bits per heavy atom. The van der Waals surface area contributed by atoms with Gasteiger partial charge in [0.15, 0.2) is 0 Å². The summed E-state index contributed by atoms with van der Waals surface area (Å²) in [6, 6.07) is 12.2. The van der Waals surface area contributed by atoms with E-state index in [4.69, 9.17) is 4.99 Å². The van der Waals surface area contributed by atoms with Gasteiger partial charge in [0.1, 0.15) is 5.75 Å². The average molecular weight is 421 g/mol. The van der Waals surface area contributed by atoms with Crippen molar-refractivity contribution in [2.24, 2.45) is 16.3 Å². The molecule has 4 rings (SSSR count). The number of rotatable bonds is 6. The molecule has 1 aliphatic carbocycles. The van der Waals surface area contributed by atoms with Crippen LogP contribution in [0.15, 0.2) is 41.4 Å². The van der Waals surface area contributed by atoms with E-state index in [1.807, 2.05) is 11.0 Å². The lowest BCUT2D eigenvalue weighted by Gasteiger charge is -2.37. The van der Waals surface area contributed by atoms with Crippen molar-refractivity contribution in [3.63, 3.8) is 0 Å².